The third-order valence-corrected chi connectivity index (χ3v) is 7.79. The molecule has 3 aromatic rings. The van der Waals surface area contributed by atoms with Gasteiger partial charge in [-0.1, -0.05) is 24.4 Å². The maximum Gasteiger partial charge on any atom is 0.307 e. The van der Waals surface area contributed by atoms with Crippen molar-refractivity contribution in [1.82, 2.24) is 14.8 Å². The summed E-state index contributed by atoms with van der Waals surface area (Å²) in [5.74, 6) is -0.260. The molecule has 2 aromatic carbocycles. The highest BCUT2D eigenvalue weighted by Crippen LogP contribution is 2.29. The van der Waals surface area contributed by atoms with Crippen molar-refractivity contribution in [3.63, 3.8) is 0 Å². The molecule has 2 aliphatic heterocycles. The Morgan fingerprint density at radius 1 is 0.875 bits per heavy atom. The summed E-state index contributed by atoms with van der Waals surface area (Å²) in [7, 11) is 0. The molecule has 0 unspecified atom stereocenters. The molecule has 1 amide bonds. The third-order valence-electron chi connectivity index (χ3n) is 7.56. The molecule has 2 saturated heterocycles. The van der Waals surface area contributed by atoms with Gasteiger partial charge in [0.2, 0.25) is 5.91 Å². The fourth-order valence-electron chi connectivity index (χ4n) is 5.49. The number of nitrogens with one attached hydrogen (secondary N) is 2. The Morgan fingerprint density at radius 2 is 1.60 bits per heavy atom. The lowest BCUT2D eigenvalue weighted by Crippen LogP contribution is -2.36. The zero-order valence-electron chi connectivity index (χ0n) is 23.0. The topological polar surface area (TPSA) is 86.8 Å². The van der Waals surface area contributed by atoms with Crippen molar-refractivity contribution in [3.8, 4) is 0 Å². The number of benzene rings is 2. The van der Waals surface area contributed by atoms with Crippen LogP contribution in [-0.4, -0.2) is 65.9 Å². The number of nitrogens with zero attached hydrogens (tertiary/aromatic N) is 3. The van der Waals surface area contributed by atoms with E-state index < -0.39 is 0 Å². The first kappa shape index (κ1) is 28.3. The van der Waals surface area contributed by atoms with Crippen molar-refractivity contribution >= 4 is 51.4 Å². The molecule has 5 rings (SSSR count). The van der Waals surface area contributed by atoms with E-state index in [0.717, 1.165) is 73.4 Å². The molecular weight excluding hydrogens is 526 g/mol. The van der Waals surface area contributed by atoms with Crippen molar-refractivity contribution in [2.24, 2.45) is 0 Å². The lowest BCUT2D eigenvalue weighted by molar-refractivity contribution is -0.145. The molecule has 0 bridgehead atoms. The van der Waals surface area contributed by atoms with E-state index in [4.69, 9.17) is 16.3 Å². The van der Waals surface area contributed by atoms with Gasteiger partial charge in [-0.2, -0.15) is 0 Å². The van der Waals surface area contributed by atoms with Crippen molar-refractivity contribution in [3.05, 3.63) is 59.2 Å². The van der Waals surface area contributed by atoms with Crippen LogP contribution in [0, 0.1) is 0 Å². The Hall–Kier alpha value is -3.20. The van der Waals surface area contributed by atoms with Crippen LogP contribution in [0.15, 0.2) is 48.7 Å². The van der Waals surface area contributed by atoms with E-state index in [0.29, 0.717) is 23.7 Å². The van der Waals surface area contributed by atoms with Crippen LogP contribution < -0.4 is 10.6 Å². The number of rotatable bonds is 10. The van der Waals surface area contributed by atoms with Crippen LogP contribution in [0.1, 0.15) is 50.5 Å². The average molecular weight is 564 g/mol. The number of pyridine rings is 1. The van der Waals surface area contributed by atoms with Crippen molar-refractivity contribution < 1.29 is 14.3 Å². The first-order valence-electron chi connectivity index (χ1n) is 14.4. The maximum absolute atomic E-state index is 12.9. The largest absolute Gasteiger partial charge is 0.461 e. The Morgan fingerprint density at radius 3 is 2.38 bits per heavy atom. The highest BCUT2D eigenvalue weighted by Gasteiger charge is 2.16. The van der Waals surface area contributed by atoms with Gasteiger partial charge in [-0.25, -0.2) is 0 Å². The van der Waals surface area contributed by atoms with Gasteiger partial charge < -0.3 is 20.3 Å². The smallest absolute Gasteiger partial charge is 0.307 e. The van der Waals surface area contributed by atoms with Gasteiger partial charge in [-0.15, -0.1) is 0 Å². The Labute approximate surface area is 241 Å². The fraction of sp³-hybridized carbons (Fsp3) is 0.452. The van der Waals surface area contributed by atoms with Gasteiger partial charge in [0.25, 0.3) is 0 Å². The number of carbonyl (C=O) groups excluding carboxylic acids is 2. The van der Waals surface area contributed by atoms with Crippen LogP contribution in [0.25, 0.3) is 10.9 Å². The number of aromatic nitrogens is 1. The minimum Gasteiger partial charge on any atom is -0.461 e. The van der Waals surface area contributed by atoms with Gasteiger partial charge in [0, 0.05) is 40.2 Å². The van der Waals surface area contributed by atoms with Crippen LogP contribution in [0.2, 0.25) is 5.02 Å². The standard InChI is InChI=1S/C31H38ClN5O3/c32-24-7-8-27-28(9-11-33-29(27)19-24)34-25-17-23(22-40-31(39)10-16-36-12-3-1-4-13-36)18-26(20-25)35-30(38)21-37-14-5-2-6-15-37/h7-9,11,17-20H,1-6,10,12-16,21-22H2,(H,33,34)(H,35,38). The molecule has 212 valence electrons. The summed E-state index contributed by atoms with van der Waals surface area (Å²) in [6, 6.07) is 13.2. The maximum atomic E-state index is 12.9. The summed E-state index contributed by atoms with van der Waals surface area (Å²) in [6.07, 6.45) is 9.25. The second-order valence-electron chi connectivity index (χ2n) is 10.8. The van der Waals surface area contributed by atoms with E-state index in [1.165, 1.54) is 25.7 Å². The van der Waals surface area contributed by atoms with Crippen LogP contribution in [0.3, 0.4) is 0 Å². The molecular formula is C31H38ClN5O3. The van der Waals surface area contributed by atoms with Crippen molar-refractivity contribution in [2.45, 2.75) is 51.6 Å². The van der Waals surface area contributed by atoms with Gasteiger partial charge in [0.05, 0.1) is 18.5 Å². The number of ether oxygens (including phenoxy) is 1. The molecule has 3 heterocycles. The zero-order valence-corrected chi connectivity index (χ0v) is 23.7. The highest BCUT2D eigenvalue weighted by molar-refractivity contribution is 6.31. The summed E-state index contributed by atoms with van der Waals surface area (Å²) < 4.78 is 5.65. The third kappa shape index (κ3) is 8.16. The SMILES string of the molecule is O=C(CN1CCCCC1)Nc1cc(COC(=O)CCN2CCCCC2)cc(Nc2ccnc3cc(Cl)ccc23)c1. The number of halogens is 1. The van der Waals surface area contributed by atoms with E-state index in [1.807, 2.05) is 42.5 Å². The van der Waals surface area contributed by atoms with Crippen LogP contribution in [0.4, 0.5) is 17.1 Å². The number of hydrogen-bond donors (Lipinski definition) is 2. The summed E-state index contributed by atoms with van der Waals surface area (Å²) in [4.78, 5) is 34.4. The Bertz CT molecular complexity index is 1320. The van der Waals surface area contributed by atoms with Gasteiger partial charge >= 0.3 is 5.97 Å². The molecule has 0 radical (unpaired) electrons. The van der Waals surface area contributed by atoms with Gasteiger partial charge in [-0.05, 0) is 99.9 Å². The quantitative estimate of drug-likeness (QED) is 0.294. The minimum atomic E-state index is -0.211. The number of likely N-dealkylation sites (tertiary alicyclic amines) is 2. The predicted octanol–water partition coefficient (Wildman–Crippen LogP) is 5.98. The predicted molar refractivity (Wildman–Crippen MR) is 160 cm³/mol. The molecule has 0 saturated carbocycles. The molecule has 8 nitrogen and oxygen atoms in total. The number of carbonyl (C=O) groups is 2. The molecule has 40 heavy (non-hydrogen) atoms. The van der Waals surface area contributed by atoms with Crippen molar-refractivity contribution in [1.29, 1.82) is 0 Å². The zero-order chi connectivity index (χ0) is 27.7. The molecule has 2 aliphatic rings. The second-order valence-corrected chi connectivity index (χ2v) is 11.2. The van der Waals surface area contributed by atoms with E-state index >= 15 is 0 Å². The monoisotopic (exact) mass is 563 g/mol. The lowest BCUT2D eigenvalue weighted by Gasteiger charge is -2.26. The molecule has 2 fully saturated rings. The normalized spacial score (nSPS) is 16.5. The molecule has 9 heteroatoms. The Balaban J connectivity index is 1.29. The van der Waals surface area contributed by atoms with Crippen LogP contribution >= 0.6 is 11.6 Å². The summed E-state index contributed by atoms with van der Waals surface area (Å²) in [6.45, 7) is 5.25. The summed E-state index contributed by atoms with van der Waals surface area (Å²) >= 11 is 6.17. The molecule has 0 atom stereocenters. The number of anilines is 3. The van der Waals surface area contributed by atoms with E-state index in [1.54, 1.807) is 6.20 Å². The highest BCUT2D eigenvalue weighted by atomic mass is 35.5. The summed E-state index contributed by atoms with van der Waals surface area (Å²) in [5, 5.41) is 8.08. The van der Waals surface area contributed by atoms with Crippen LogP contribution in [0.5, 0.6) is 0 Å². The van der Waals surface area contributed by atoms with Crippen LogP contribution in [-0.2, 0) is 20.9 Å². The number of amides is 1. The number of esters is 1. The summed E-state index contributed by atoms with van der Waals surface area (Å²) in [5.41, 5.74) is 3.88. The van der Waals surface area contributed by atoms with E-state index in [2.05, 4.69) is 25.4 Å². The van der Waals surface area contributed by atoms with Gasteiger partial charge in [-0.3, -0.25) is 19.5 Å². The molecule has 1 aromatic heterocycles. The lowest BCUT2D eigenvalue weighted by atomic mass is 10.1. The van der Waals surface area contributed by atoms with Crippen molar-refractivity contribution in [2.75, 3.05) is 49.9 Å². The molecule has 2 N–H and O–H groups in total. The first-order chi connectivity index (χ1) is 19.5. The van der Waals surface area contributed by atoms with E-state index in [-0.39, 0.29) is 18.5 Å². The number of hydrogen-bond acceptors (Lipinski definition) is 7. The number of fused-ring (bicyclic) bond motifs is 1. The van der Waals surface area contributed by atoms with E-state index in [9.17, 15) is 9.59 Å². The van der Waals surface area contributed by atoms with Gasteiger partial charge in [0.1, 0.15) is 6.61 Å². The minimum absolute atomic E-state index is 0.0486. The molecule has 0 aliphatic carbocycles. The van der Waals surface area contributed by atoms with Gasteiger partial charge in [0.15, 0.2) is 0 Å². The molecule has 0 spiro atoms. The average Bonchev–Trinajstić information content (AvgIpc) is 2.96. The fourth-order valence-corrected chi connectivity index (χ4v) is 5.66. The number of piperidine rings is 2. The Kier molecular flexibility index (Phi) is 9.86. The second kappa shape index (κ2) is 13.9. The first-order valence-corrected chi connectivity index (χ1v) is 14.7.